The Kier molecular flexibility index (Phi) is 4.50. The first-order valence-electron chi connectivity index (χ1n) is 6.28. The molecule has 0 saturated heterocycles. The Morgan fingerprint density at radius 2 is 1.71 bits per heavy atom. The fourth-order valence-corrected chi connectivity index (χ4v) is 1.84. The largest absolute Gasteiger partial charge is 0.495 e. The molecule has 0 fully saturated rings. The Morgan fingerprint density at radius 3 is 2.38 bits per heavy atom. The minimum absolute atomic E-state index is 0.385. The van der Waals surface area contributed by atoms with Crippen LogP contribution in [0.4, 0.5) is 21.9 Å². The van der Waals surface area contributed by atoms with Gasteiger partial charge in [-0.25, -0.2) is 4.79 Å². The lowest BCUT2D eigenvalue weighted by Crippen LogP contribution is -2.19. The Hall–Kier alpha value is -2.89. The molecule has 110 valence electrons. The molecule has 0 aliphatic heterocycles. The molecule has 2 aromatic rings. The summed E-state index contributed by atoms with van der Waals surface area (Å²) in [6, 6.07) is 11.8. The lowest BCUT2D eigenvalue weighted by Gasteiger charge is -2.12. The standard InChI is InChI=1S/C15H17N3O3/c1-20-13-8-7-10(9-11(13)16)17-15(19)18-12-5-3-4-6-14(12)21-2/h3-9H,16H2,1-2H3,(H2,17,18,19). The number of hydrogen-bond acceptors (Lipinski definition) is 4. The number of nitrogens with two attached hydrogens (primary N) is 1. The molecule has 2 amide bonds. The maximum absolute atomic E-state index is 12.0. The second-order valence-corrected chi connectivity index (χ2v) is 4.24. The number of ether oxygens (including phenoxy) is 2. The van der Waals surface area contributed by atoms with E-state index in [1.807, 2.05) is 12.1 Å². The van der Waals surface area contributed by atoms with E-state index in [1.54, 1.807) is 37.4 Å². The number of methoxy groups -OCH3 is 2. The monoisotopic (exact) mass is 287 g/mol. The highest BCUT2D eigenvalue weighted by atomic mass is 16.5. The van der Waals surface area contributed by atoms with Crippen LogP contribution in [-0.2, 0) is 0 Å². The van der Waals surface area contributed by atoms with Gasteiger partial charge in [0.2, 0.25) is 0 Å². The zero-order chi connectivity index (χ0) is 15.2. The first-order chi connectivity index (χ1) is 10.1. The summed E-state index contributed by atoms with van der Waals surface area (Å²) in [4.78, 5) is 12.0. The van der Waals surface area contributed by atoms with Crippen LogP contribution in [0.3, 0.4) is 0 Å². The molecule has 6 heteroatoms. The van der Waals surface area contributed by atoms with Crippen LogP contribution in [0.15, 0.2) is 42.5 Å². The molecular formula is C15H17N3O3. The number of benzene rings is 2. The van der Waals surface area contributed by atoms with Crippen molar-refractivity contribution < 1.29 is 14.3 Å². The summed E-state index contributed by atoms with van der Waals surface area (Å²) < 4.78 is 10.2. The van der Waals surface area contributed by atoms with Crippen molar-refractivity contribution in [2.45, 2.75) is 0 Å². The first kappa shape index (κ1) is 14.5. The lowest BCUT2D eigenvalue weighted by molar-refractivity contribution is 0.262. The molecule has 0 bridgehead atoms. The normalized spacial score (nSPS) is 9.81. The van der Waals surface area contributed by atoms with Gasteiger partial charge in [-0.15, -0.1) is 0 Å². The van der Waals surface area contributed by atoms with Crippen molar-refractivity contribution in [3.8, 4) is 11.5 Å². The molecular weight excluding hydrogens is 270 g/mol. The summed E-state index contributed by atoms with van der Waals surface area (Å²) in [7, 11) is 3.08. The Labute approximate surface area is 122 Å². The molecule has 0 aliphatic rings. The van der Waals surface area contributed by atoms with Crippen LogP contribution < -0.4 is 25.8 Å². The van der Waals surface area contributed by atoms with Crippen LogP contribution in [0, 0.1) is 0 Å². The van der Waals surface area contributed by atoms with E-state index in [2.05, 4.69) is 10.6 Å². The van der Waals surface area contributed by atoms with Gasteiger partial charge in [0.05, 0.1) is 25.6 Å². The van der Waals surface area contributed by atoms with Gasteiger partial charge in [0.25, 0.3) is 0 Å². The lowest BCUT2D eigenvalue weighted by atomic mass is 10.2. The van der Waals surface area contributed by atoms with Crippen LogP contribution in [0.25, 0.3) is 0 Å². The Morgan fingerprint density at radius 1 is 1.00 bits per heavy atom. The van der Waals surface area contributed by atoms with E-state index in [0.29, 0.717) is 28.6 Å². The molecule has 0 spiro atoms. The number of carbonyl (C=O) groups is 1. The number of carbonyl (C=O) groups excluding carboxylic acids is 1. The van der Waals surface area contributed by atoms with Crippen molar-refractivity contribution in [1.29, 1.82) is 0 Å². The molecule has 21 heavy (non-hydrogen) atoms. The molecule has 0 unspecified atom stereocenters. The zero-order valence-corrected chi connectivity index (χ0v) is 11.8. The van der Waals surface area contributed by atoms with Crippen molar-refractivity contribution in [1.82, 2.24) is 0 Å². The quantitative estimate of drug-likeness (QED) is 0.755. The van der Waals surface area contributed by atoms with Crippen LogP contribution in [-0.4, -0.2) is 20.3 Å². The number of nitrogen functional groups attached to an aromatic ring is 1. The van der Waals surface area contributed by atoms with Gasteiger partial charge >= 0.3 is 6.03 Å². The van der Waals surface area contributed by atoms with Crippen LogP contribution in [0.5, 0.6) is 11.5 Å². The number of para-hydroxylation sites is 2. The third kappa shape index (κ3) is 3.56. The topological polar surface area (TPSA) is 85.6 Å². The van der Waals surface area contributed by atoms with Crippen molar-refractivity contribution >= 4 is 23.1 Å². The number of rotatable bonds is 4. The third-order valence-corrected chi connectivity index (χ3v) is 2.84. The van der Waals surface area contributed by atoms with E-state index < -0.39 is 0 Å². The van der Waals surface area contributed by atoms with Gasteiger partial charge in [0, 0.05) is 5.69 Å². The average Bonchev–Trinajstić information content (AvgIpc) is 2.48. The van der Waals surface area contributed by atoms with E-state index in [1.165, 1.54) is 7.11 Å². The molecule has 0 saturated carbocycles. The Balaban J connectivity index is 2.06. The highest BCUT2D eigenvalue weighted by Crippen LogP contribution is 2.26. The van der Waals surface area contributed by atoms with E-state index >= 15 is 0 Å². The van der Waals surface area contributed by atoms with Crippen LogP contribution >= 0.6 is 0 Å². The smallest absolute Gasteiger partial charge is 0.323 e. The number of amides is 2. The minimum atomic E-state index is -0.385. The summed E-state index contributed by atoms with van der Waals surface area (Å²) in [6.07, 6.45) is 0. The highest BCUT2D eigenvalue weighted by molar-refractivity contribution is 6.01. The predicted octanol–water partition coefficient (Wildman–Crippen LogP) is 2.93. The molecule has 0 radical (unpaired) electrons. The summed E-state index contributed by atoms with van der Waals surface area (Å²) in [5.74, 6) is 1.15. The van der Waals surface area contributed by atoms with Gasteiger partial charge in [0.1, 0.15) is 11.5 Å². The second-order valence-electron chi connectivity index (χ2n) is 4.24. The van der Waals surface area contributed by atoms with Crippen molar-refractivity contribution in [3.05, 3.63) is 42.5 Å². The molecule has 0 heterocycles. The fraction of sp³-hybridized carbons (Fsp3) is 0.133. The number of nitrogens with one attached hydrogen (secondary N) is 2. The van der Waals surface area contributed by atoms with E-state index in [0.717, 1.165) is 0 Å². The van der Waals surface area contributed by atoms with Crippen LogP contribution in [0.1, 0.15) is 0 Å². The molecule has 0 aromatic heterocycles. The van der Waals surface area contributed by atoms with Gasteiger partial charge in [-0.1, -0.05) is 12.1 Å². The third-order valence-electron chi connectivity index (χ3n) is 2.84. The molecule has 0 atom stereocenters. The first-order valence-corrected chi connectivity index (χ1v) is 6.28. The van der Waals surface area contributed by atoms with Gasteiger partial charge in [0.15, 0.2) is 0 Å². The molecule has 2 rings (SSSR count). The van der Waals surface area contributed by atoms with Crippen molar-refractivity contribution in [2.24, 2.45) is 0 Å². The molecule has 0 aliphatic carbocycles. The van der Waals surface area contributed by atoms with Crippen LogP contribution in [0.2, 0.25) is 0 Å². The average molecular weight is 287 g/mol. The SMILES string of the molecule is COc1ccc(NC(=O)Nc2ccccc2OC)cc1N. The van der Waals surface area contributed by atoms with Gasteiger partial charge in [-0.2, -0.15) is 0 Å². The summed E-state index contributed by atoms with van der Waals surface area (Å²) in [5, 5.41) is 5.40. The zero-order valence-electron chi connectivity index (χ0n) is 11.8. The summed E-state index contributed by atoms with van der Waals surface area (Å²) in [6.45, 7) is 0. The number of hydrogen-bond donors (Lipinski definition) is 3. The fourth-order valence-electron chi connectivity index (χ4n) is 1.84. The predicted molar refractivity (Wildman–Crippen MR) is 83.0 cm³/mol. The van der Waals surface area contributed by atoms with Crippen molar-refractivity contribution in [3.63, 3.8) is 0 Å². The molecule has 6 nitrogen and oxygen atoms in total. The van der Waals surface area contributed by atoms with E-state index in [9.17, 15) is 4.79 Å². The Bertz CT molecular complexity index is 644. The van der Waals surface area contributed by atoms with E-state index in [4.69, 9.17) is 15.2 Å². The number of anilines is 3. The molecule has 4 N–H and O–H groups in total. The van der Waals surface area contributed by atoms with Gasteiger partial charge < -0.3 is 25.8 Å². The highest BCUT2D eigenvalue weighted by Gasteiger charge is 2.08. The second kappa shape index (κ2) is 6.51. The van der Waals surface area contributed by atoms with Gasteiger partial charge in [-0.05, 0) is 30.3 Å². The maximum atomic E-state index is 12.0. The van der Waals surface area contributed by atoms with Gasteiger partial charge in [-0.3, -0.25) is 0 Å². The van der Waals surface area contributed by atoms with E-state index in [-0.39, 0.29) is 6.03 Å². The minimum Gasteiger partial charge on any atom is -0.495 e. The number of urea groups is 1. The summed E-state index contributed by atoms with van der Waals surface area (Å²) >= 11 is 0. The maximum Gasteiger partial charge on any atom is 0.323 e. The summed E-state index contributed by atoms with van der Waals surface area (Å²) in [5.41, 5.74) is 7.39. The van der Waals surface area contributed by atoms with Crippen molar-refractivity contribution in [2.75, 3.05) is 30.6 Å². The molecule has 2 aromatic carbocycles.